The molecule has 1 saturated heterocycles. The predicted octanol–water partition coefficient (Wildman–Crippen LogP) is 5.68. The predicted molar refractivity (Wildman–Crippen MR) is 131 cm³/mol. The molecule has 3 aromatic rings. The van der Waals surface area contributed by atoms with Crippen LogP contribution in [0.3, 0.4) is 0 Å². The number of amides is 2. The molecule has 0 spiro atoms. The zero-order chi connectivity index (χ0) is 22.5. The number of carbonyl (C=O) groups is 2. The van der Waals surface area contributed by atoms with Gasteiger partial charge in [0.05, 0.1) is 12.9 Å². The third kappa shape index (κ3) is 4.65. The molecule has 0 radical (unpaired) electrons. The van der Waals surface area contributed by atoms with Crippen molar-refractivity contribution in [1.29, 1.82) is 0 Å². The summed E-state index contributed by atoms with van der Waals surface area (Å²) in [6, 6.07) is 22.8. The van der Waals surface area contributed by atoms with Crippen molar-refractivity contribution in [2.24, 2.45) is 0 Å². The molecule has 32 heavy (non-hydrogen) atoms. The summed E-state index contributed by atoms with van der Waals surface area (Å²) in [7, 11) is 1.59. The lowest BCUT2D eigenvalue weighted by Gasteiger charge is -2.27. The molecule has 164 valence electrons. The molecule has 6 heteroatoms. The molecule has 1 aliphatic heterocycles. The second kappa shape index (κ2) is 9.92. The lowest BCUT2D eigenvalue weighted by atomic mass is 10.1. The Balaban J connectivity index is 1.58. The van der Waals surface area contributed by atoms with Crippen LogP contribution in [0.2, 0.25) is 0 Å². The van der Waals surface area contributed by atoms with E-state index in [1.807, 2.05) is 47.4 Å². The number of rotatable bonds is 7. The van der Waals surface area contributed by atoms with Gasteiger partial charge in [-0.3, -0.25) is 14.5 Å². The van der Waals surface area contributed by atoms with E-state index >= 15 is 0 Å². The standard InChI is InChI=1S/C26H26N2O3S/c1-3-7-18-8-4-5-11-23(18)28-24(29)17-32-26(28)20-9-6-10-21(16-20)27-25(30)19-12-14-22(31-2)15-13-19/h4-6,8-16,26H,3,7,17H2,1-2H3,(H,27,30)/t26-/m0/s1. The number of thioether (sulfide) groups is 1. The van der Waals surface area contributed by atoms with Gasteiger partial charge in [0, 0.05) is 16.9 Å². The van der Waals surface area contributed by atoms with E-state index < -0.39 is 0 Å². The van der Waals surface area contributed by atoms with Crippen molar-refractivity contribution in [2.75, 3.05) is 23.1 Å². The van der Waals surface area contributed by atoms with Crippen LogP contribution in [-0.2, 0) is 11.2 Å². The van der Waals surface area contributed by atoms with Gasteiger partial charge in [-0.05, 0) is 60.0 Å². The number of ether oxygens (including phenoxy) is 1. The van der Waals surface area contributed by atoms with E-state index in [1.165, 1.54) is 5.56 Å². The van der Waals surface area contributed by atoms with Gasteiger partial charge in [0.15, 0.2) is 0 Å². The number of nitrogens with zero attached hydrogens (tertiary/aromatic N) is 1. The normalized spacial score (nSPS) is 15.6. The summed E-state index contributed by atoms with van der Waals surface area (Å²) in [6.07, 6.45) is 1.94. The van der Waals surface area contributed by atoms with Crippen molar-refractivity contribution in [3.63, 3.8) is 0 Å². The summed E-state index contributed by atoms with van der Waals surface area (Å²) in [4.78, 5) is 27.4. The lowest BCUT2D eigenvalue weighted by Crippen LogP contribution is -2.28. The first kappa shape index (κ1) is 22.0. The fourth-order valence-corrected chi connectivity index (χ4v) is 5.03. The van der Waals surface area contributed by atoms with Crippen LogP contribution >= 0.6 is 11.8 Å². The van der Waals surface area contributed by atoms with Gasteiger partial charge in [-0.2, -0.15) is 0 Å². The first-order valence-corrected chi connectivity index (χ1v) is 11.7. The molecule has 0 saturated carbocycles. The van der Waals surface area contributed by atoms with Crippen LogP contribution in [0, 0.1) is 0 Å². The second-order valence-corrected chi connectivity index (χ2v) is 8.68. The van der Waals surface area contributed by atoms with Gasteiger partial charge in [0.25, 0.3) is 5.91 Å². The third-order valence-electron chi connectivity index (χ3n) is 5.42. The molecule has 0 bridgehead atoms. The van der Waals surface area contributed by atoms with Crippen LogP contribution < -0.4 is 15.0 Å². The fraction of sp³-hybridized carbons (Fsp3) is 0.231. The average molecular weight is 447 g/mol. The van der Waals surface area contributed by atoms with Gasteiger partial charge in [-0.1, -0.05) is 43.7 Å². The first-order valence-electron chi connectivity index (χ1n) is 10.7. The Morgan fingerprint density at radius 1 is 1.09 bits per heavy atom. The smallest absolute Gasteiger partial charge is 0.255 e. The van der Waals surface area contributed by atoms with Gasteiger partial charge in [0.2, 0.25) is 5.91 Å². The number of hydrogen-bond donors (Lipinski definition) is 1. The molecule has 1 atom stereocenters. The van der Waals surface area contributed by atoms with E-state index in [0.29, 0.717) is 22.8 Å². The summed E-state index contributed by atoms with van der Waals surface area (Å²) in [5.41, 5.74) is 4.39. The zero-order valence-corrected chi connectivity index (χ0v) is 19.0. The molecule has 0 unspecified atom stereocenters. The van der Waals surface area contributed by atoms with Crippen LogP contribution in [0.4, 0.5) is 11.4 Å². The number of carbonyl (C=O) groups excluding carboxylic acids is 2. The monoisotopic (exact) mass is 446 g/mol. The first-order chi connectivity index (χ1) is 15.6. The van der Waals surface area contributed by atoms with Crippen molar-refractivity contribution in [1.82, 2.24) is 0 Å². The number of benzene rings is 3. The minimum absolute atomic E-state index is 0.108. The molecule has 0 aromatic heterocycles. The average Bonchev–Trinajstić information content (AvgIpc) is 3.21. The molecule has 0 aliphatic carbocycles. The van der Waals surface area contributed by atoms with Gasteiger partial charge in [0.1, 0.15) is 11.1 Å². The van der Waals surface area contributed by atoms with E-state index in [2.05, 4.69) is 18.3 Å². The highest BCUT2D eigenvalue weighted by atomic mass is 32.2. The van der Waals surface area contributed by atoms with Crippen LogP contribution in [0.5, 0.6) is 5.75 Å². The van der Waals surface area contributed by atoms with Gasteiger partial charge >= 0.3 is 0 Å². The summed E-state index contributed by atoms with van der Waals surface area (Å²) in [5, 5.41) is 2.84. The molecular weight excluding hydrogens is 420 g/mol. The molecule has 1 aliphatic rings. The Labute approximate surface area is 192 Å². The molecule has 2 amide bonds. The maximum absolute atomic E-state index is 12.8. The number of hydrogen-bond acceptors (Lipinski definition) is 4. The quantitative estimate of drug-likeness (QED) is 0.507. The molecule has 3 aromatic carbocycles. The molecule has 1 N–H and O–H groups in total. The number of aryl methyl sites for hydroxylation is 1. The van der Waals surface area contributed by atoms with Crippen LogP contribution in [-0.4, -0.2) is 24.7 Å². The van der Waals surface area contributed by atoms with Crippen molar-refractivity contribution >= 4 is 35.0 Å². The second-order valence-electron chi connectivity index (χ2n) is 7.61. The van der Waals surface area contributed by atoms with Gasteiger partial charge < -0.3 is 10.1 Å². The topological polar surface area (TPSA) is 58.6 Å². The fourth-order valence-electron chi connectivity index (χ4n) is 3.87. The number of nitrogens with one attached hydrogen (secondary N) is 1. The zero-order valence-electron chi connectivity index (χ0n) is 18.2. The molecule has 1 heterocycles. The minimum Gasteiger partial charge on any atom is -0.497 e. The number of anilines is 2. The minimum atomic E-state index is -0.190. The highest BCUT2D eigenvalue weighted by Gasteiger charge is 2.35. The summed E-state index contributed by atoms with van der Waals surface area (Å²) in [6.45, 7) is 2.14. The van der Waals surface area contributed by atoms with Crippen molar-refractivity contribution in [3.05, 3.63) is 89.5 Å². The molecule has 5 nitrogen and oxygen atoms in total. The Morgan fingerprint density at radius 3 is 2.62 bits per heavy atom. The van der Waals surface area contributed by atoms with E-state index in [0.717, 1.165) is 24.1 Å². The van der Waals surface area contributed by atoms with Crippen molar-refractivity contribution < 1.29 is 14.3 Å². The summed E-state index contributed by atoms with van der Waals surface area (Å²) in [5.74, 6) is 1.06. The molecule has 4 rings (SSSR count). The Morgan fingerprint density at radius 2 is 1.88 bits per heavy atom. The Kier molecular flexibility index (Phi) is 6.81. The molecular formula is C26H26N2O3S. The Hall–Kier alpha value is -3.25. The summed E-state index contributed by atoms with van der Waals surface area (Å²) < 4.78 is 5.15. The van der Waals surface area contributed by atoms with Gasteiger partial charge in [-0.15, -0.1) is 11.8 Å². The van der Waals surface area contributed by atoms with E-state index in [1.54, 1.807) is 43.1 Å². The van der Waals surface area contributed by atoms with Crippen LogP contribution in [0.1, 0.15) is 40.2 Å². The Bertz CT molecular complexity index is 1110. The van der Waals surface area contributed by atoms with Crippen LogP contribution in [0.15, 0.2) is 72.8 Å². The van der Waals surface area contributed by atoms with Gasteiger partial charge in [-0.25, -0.2) is 0 Å². The lowest BCUT2D eigenvalue weighted by molar-refractivity contribution is -0.115. The number of para-hydroxylation sites is 1. The van der Waals surface area contributed by atoms with E-state index in [9.17, 15) is 9.59 Å². The molecule has 1 fully saturated rings. The third-order valence-corrected chi connectivity index (χ3v) is 6.63. The van der Waals surface area contributed by atoms with Crippen LogP contribution in [0.25, 0.3) is 0 Å². The largest absolute Gasteiger partial charge is 0.497 e. The summed E-state index contributed by atoms with van der Waals surface area (Å²) >= 11 is 1.61. The highest BCUT2D eigenvalue weighted by molar-refractivity contribution is 8.00. The maximum atomic E-state index is 12.8. The van der Waals surface area contributed by atoms with Crippen molar-refractivity contribution in [3.8, 4) is 5.75 Å². The maximum Gasteiger partial charge on any atom is 0.255 e. The number of methoxy groups -OCH3 is 1. The van der Waals surface area contributed by atoms with Crippen molar-refractivity contribution in [2.45, 2.75) is 25.1 Å². The van der Waals surface area contributed by atoms with E-state index in [4.69, 9.17) is 4.74 Å². The van der Waals surface area contributed by atoms with E-state index in [-0.39, 0.29) is 17.2 Å². The SMILES string of the molecule is CCCc1ccccc1N1C(=O)CS[C@H]1c1cccc(NC(=O)c2ccc(OC)cc2)c1. The highest BCUT2D eigenvalue weighted by Crippen LogP contribution is 2.43.